The molecule has 0 bridgehead atoms. The Morgan fingerprint density at radius 1 is 0.412 bits per heavy atom. The first-order valence-electron chi connectivity index (χ1n) is 50.2. The Labute approximate surface area is 805 Å². The highest BCUT2D eigenvalue weighted by Gasteiger charge is 2.51. The van der Waals surface area contributed by atoms with Crippen molar-refractivity contribution in [3.8, 4) is 0 Å². The van der Waals surface area contributed by atoms with Crippen LogP contribution >= 0.6 is 0 Å². The summed E-state index contributed by atoms with van der Waals surface area (Å²) in [4.78, 5) is 60.4. The van der Waals surface area contributed by atoms with E-state index in [0.717, 1.165) is 158 Å². The molecule has 8 heterocycles. The maximum absolute atomic E-state index is 14.6. The van der Waals surface area contributed by atoms with Crippen LogP contribution in [0.3, 0.4) is 0 Å². The van der Waals surface area contributed by atoms with Gasteiger partial charge >= 0.3 is 0 Å². The van der Waals surface area contributed by atoms with Gasteiger partial charge in [-0.3, -0.25) is 19.2 Å². The summed E-state index contributed by atoms with van der Waals surface area (Å²) < 4.78 is 93.2. The number of likely N-dealkylation sites (tertiary alicyclic amines) is 4. The van der Waals surface area contributed by atoms with Gasteiger partial charge in [-0.15, -0.1) is 0 Å². The first-order chi connectivity index (χ1) is 65.4. The molecule has 10 fully saturated rings. The fourth-order valence-corrected chi connectivity index (χ4v) is 23.2. The van der Waals surface area contributed by atoms with E-state index in [1.165, 1.54) is 34.9 Å². The van der Waals surface area contributed by atoms with Crippen molar-refractivity contribution in [1.29, 1.82) is 0 Å². The number of nitrogens with zero attached hydrogens (tertiary/aromatic N) is 4. The summed E-state index contributed by atoms with van der Waals surface area (Å²) in [5.41, 5.74) is 5.39. The van der Waals surface area contributed by atoms with E-state index in [1.54, 1.807) is 49.9 Å². The van der Waals surface area contributed by atoms with E-state index >= 15 is 0 Å². The Kier molecular flexibility index (Phi) is 33.6. The van der Waals surface area contributed by atoms with Crippen LogP contribution in [0.1, 0.15) is 308 Å². The number of benzene rings is 8. The minimum absolute atomic E-state index is 0.0116. The molecule has 22 nitrogen and oxygen atoms in total. The third-order valence-electron chi connectivity index (χ3n) is 29.8. The molecular formula is C112H144FN5O17S. The summed E-state index contributed by atoms with van der Waals surface area (Å²) >= 11 is 0. The van der Waals surface area contributed by atoms with Crippen molar-refractivity contribution in [3.63, 3.8) is 0 Å². The first kappa shape index (κ1) is 101. The predicted octanol–water partition coefficient (Wildman–Crippen LogP) is 19.7. The molecule has 24 heteroatoms. The van der Waals surface area contributed by atoms with Gasteiger partial charge in [0.05, 0.1) is 92.9 Å². The van der Waals surface area contributed by atoms with Gasteiger partial charge in [-0.2, -0.15) is 0 Å². The molecule has 2 aliphatic carbocycles. The number of carbonyl (C=O) groups excluding carboxylic acids is 4. The molecule has 0 aromatic heterocycles. The standard InChI is InChI=1S/C29H37NO4.C28H36FNO4.C28H37NO4.C27H34N2O5S/c1-2-33-25-20-26(22-8-4-3-5-9-22)34-28(21-25)16-18-30(19-17-28)27(31)23-10-12-24(13-11-23)29(32)14-6-7-15-29;1-4-33-23-17-25(20-8-6-5-7-9-20)34-28(19-23)12-14-30(15-13-28)26(31)21-10-11-22(24(29)16-21)18-27(2,3)32;1-4-27(3,31)23-13-11-22(12-14-23)26(30)29-17-15-28(16-18-29)20-24(32-5-2)19-25(33-28)21-9-7-6-8-10-21;1-2-33-23-18-25(20-6-4-3-5-7-20)34-27(19-23)14-16-29(17-15-27)26(30)21-8-12-24(13-9-21)35(31,32)28-22-10-11-22/h3-5,8-13,25-26,32H,2,6-7,14-21H2,1H3;5-11,16,23,25,32H,4,12-15,17-19H2,1-3H3;6-14,24-25,31H,4-5,15-20H2,1-3H3;3-9,12-13,22-23,25,28H,2,10-11,14-19H2,1H3. The highest BCUT2D eigenvalue weighted by Crippen LogP contribution is 2.50. The van der Waals surface area contributed by atoms with E-state index in [1.807, 2.05) is 139 Å². The van der Waals surface area contributed by atoms with Gasteiger partial charge in [-0.1, -0.05) is 171 Å². The molecule has 136 heavy (non-hydrogen) atoms. The summed E-state index contributed by atoms with van der Waals surface area (Å²) in [6, 6.07) is 67.3. The normalized spacial score (nSPS) is 24.4. The van der Waals surface area contributed by atoms with E-state index < -0.39 is 32.6 Å². The zero-order valence-corrected chi connectivity index (χ0v) is 81.8. The molecule has 8 aliphatic heterocycles. The molecular weight excluding hydrogens is 1740 g/mol. The van der Waals surface area contributed by atoms with Crippen molar-refractivity contribution >= 4 is 33.7 Å². The van der Waals surface area contributed by atoms with Gasteiger partial charge in [-0.05, 0) is 232 Å². The van der Waals surface area contributed by atoms with Crippen LogP contribution in [0, 0.1) is 5.82 Å². The summed E-state index contributed by atoms with van der Waals surface area (Å²) in [5, 5.41) is 31.3. The van der Waals surface area contributed by atoms with Crippen LogP contribution in [-0.2, 0) is 65.5 Å². The summed E-state index contributed by atoms with van der Waals surface area (Å²) in [6.45, 7) is 23.0. The lowest BCUT2D eigenvalue weighted by atomic mass is 9.80. The van der Waals surface area contributed by atoms with Gasteiger partial charge < -0.3 is 72.8 Å². The van der Waals surface area contributed by atoms with Crippen molar-refractivity contribution in [2.24, 2.45) is 0 Å². The van der Waals surface area contributed by atoms with Gasteiger partial charge in [0, 0.05) is 165 Å². The molecule has 8 aromatic carbocycles. The molecule has 9 unspecified atom stereocenters. The lowest BCUT2D eigenvalue weighted by molar-refractivity contribution is -0.191. The Morgan fingerprint density at radius 2 is 0.706 bits per heavy atom. The van der Waals surface area contributed by atoms with Gasteiger partial charge in [-0.25, -0.2) is 17.5 Å². The van der Waals surface area contributed by atoms with Crippen LogP contribution in [0.15, 0.2) is 217 Å². The third kappa shape index (κ3) is 25.8. The number of ether oxygens (including phenoxy) is 8. The number of piperidine rings is 4. The van der Waals surface area contributed by atoms with Gasteiger partial charge in [0.2, 0.25) is 10.0 Å². The molecule has 4 amide bonds. The maximum atomic E-state index is 14.6. The summed E-state index contributed by atoms with van der Waals surface area (Å²) in [5.74, 6) is -0.584. The van der Waals surface area contributed by atoms with Crippen LogP contribution < -0.4 is 4.72 Å². The zero-order chi connectivity index (χ0) is 95.9. The second kappa shape index (κ2) is 45.1. The summed E-state index contributed by atoms with van der Waals surface area (Å²) in [7, 11) is -3.52. The Balaban J connectivity index is 0.000000138. The molecule has 8 saturated heterocycles. The fourth-order valence-electron chi connectivity index (χ4n) is 21.9. The smallest absolute Gasteiger partial charge is 0.253 e. The molecule has 9 atom stereocenters. The predicted molar refractivity (Wildman–Crippen MR) is 522 cm³/mol. The van der Waals surface area contributed by atoms with Crippen LogP contribution in [0.5, 0.6) is 0 Å². The third-order valence-corrected chi connectivity index (χ3v) is 31.3. The Hall–Kier alpha value is -8.96. The Bertz CT molecular complexity index is 5300. The quantitative estimate of drug-likeness (QED) is 0.0438. The highest BCUT2D eigenvalue weighted by atomic mass is 32.2. The summed E-state index contributed by atoms with van der Waals surface area (Å²) in [6.07, 6.45) is 20.1. The topological polar surface area (TPSA) is 262 Å². The van der Waals surface area contributed by atoms with E-state index in [4.69, 9.17) is 37.9 Å². The van der Waals surface area contributed by atoms with Gasteiger partial charge in [0.1, 0.15) is 5.82 Å². The van der Waals surface area contributed by atoms with Crippen molar-refractivity contribution < 1.29 is 85.2 Å². The van der Waals surface area contributed by atoms with Crippen LogP contribution in [0.4, 0.5) is 4.39 Å². The highest BCUT2D eigenvalue weighted by molar-refractivity contribution is 7.89. The number of hydrogen-bond acceptors (Lipinski definition) is 17. The number of aliphatic hydroxyl groups is 3. The van der Waals surface area contributed by atoms with E-state index in [2.05, 4.69) is 84.4 Å². The number of hydrogen-bond donors (Lipinski definition) is 4. The molecule has 8 aromatic rings. The number of amides is 4. The average Bonchev–Trinajstić information content (AvgIpc) is 1.29. The lowest BCUT2D eigenvalue weighted by Crippen LogP contribution is -2.52. The van der Waals surface area contributed by atoms with Crippen molar-refractivity contribution in [2.45, 2.75) is 308 Å². The second-order valence-electron chi connectivity index (χ2n) is 40.3. The fraction of sp³-hybridized carbons (Fsp3) is 0.536. The molecule has 4 spiro atoms. The molecule has 18 rings (SSSR count). The minimum atomic E-state index is -3.52. The van der Waals surface area contributed by atoms with Crippen LogP contribution in [0.2, 0.25) is 0 Å². The first-order valence-corrected chi connectivity index (χ1v) is 51.7. The lowest BCUT2D eigenvalue weighted by Gasteiger charge is -2.48. The zero-order valence-electron chi connectivity index (χ0n) is 81.0. The van der Waals surface area contributed by atoms with Crippen LogP contribution in [-0.4, -0.2) is 204 Å². The van der Waals surface area contributed by atoms with Gasteiger partial charge in [0.15, 0.2) is 0 Å². The van der Waals surface area contributed by atoms with Crippen molar-refractivity contribution in [1.82, 2.24) is 24.3 Å². The molecule has 2 saturated carbocycles. The number of halogens is 1. The molecule has 0 radical (unpaired) electrons. The number of rotatable bonds is 24. The number of nitrogens with one attached hydrogen (secondary N) is 1. The number of carbonyl (C=O) groups is 4. The largest absolute Gasteiger partial charge is 0.390 e. The maximum Gasteiger partial charge on any atom is 0.253 e. The van der Waals surface area contributed by atoms with Gasteiger partial charge in [0.25, 0.3) is 23.6 Å². The monoisotopic (exact) mass is 1880 g/mol. The SMILES string of the molecule is CCOC1CC(c2ccccc2)OC2(CCN(C(=O)c3ccc(C(C)(O)CC)cc3)CC2)C1.CCOC1CC(c2ccccc2)OC2(CCN(C(=O)c3ccc(C4(O)CCCC4)cc3)CC2)C1.CCOC1CC(c2ccccc2)OC2(CCN(C(=O)c3ccc(CC(C)(C)O)c(F)c3)CC2)C1.CCOC1CC(c2ccccc2)OC2(CCN(C(=O)c3ccc(S(=O)(=O)NC4CC4)cc3)CC2)C1. The average molecular weight is 1880 g/mol. The van der Waals surface area contributed by atoms with Crippen molar-refractivity contribution in [3.05, 3.63) is 279 Å². The Morgan fingerprint density at radius 3 is 0.993 bits per heavy atom. The van der Waals surface area contributed by atoms with E-state index in [-0.39, 0.29) is 112 Å². The van der Waals surface area contributed by atoms with Crippen molar-refractivity contribution in [2.75, 3.05) is 78.8 Å². The minimum Gasteiger partial charge on any atom is -0.390 e. The molecule has 10 aliphatic rings. The van der Waals surface area contributed by atoms with Crippen LogP contribution in [0.25, 0.3) is 0 Å². The van der Waals surface area contributed by atoms with E-state index in [9.17, 15) is 47.3 Å². The second-order valence-corrected chi connectivity index (χ2v) is 42.0. The van der Waals surface area contributed by atoms with E-state index in [0.29, 0.717) is 113 Å². The molecule has 732 valence electrons. The molecule has 4 N–H and O–H groups in total. The number of sulfonamides is 1.